The van der Waals surface area contributed by atoms with Crippen LogP contribution in [0.5, 0.6) is 11.5 Å². The van der Waals surface area contributed by atoms with E-state index in [1.807, 2.05) is 6.07 Å². The van der Waals surface area contributed by atoms with Gasteiger partial charge in [0.1, 0.15) is 11.5 Å². The number of methoxy groups -OCH3 is 1. The molecule has 0 aromatic heterocycles. The molecule has 8 heteroatoms. The van der Waals surface area contributed by atoms with Crippen LogP contribution in [-0.4, -0.2) is 31.3 Å². The zero-order valence-corrected chi connectivity index (χ0v) is 15.6. The van der Waals surface area contributed by atoms with Gasteiger partial charge in [0.05, 0.1) is 12.1 Å². The molecule has 0 unspecified atom stereocenters. The van der Waals surface area contributed by atoms with E-state index in [9.17, 15) is 18.0 Å². The first-order valence-corrected chi connectivity index (χ1v) is 8.47. The maximum Gasteiger partial charge on any atom is 0.573 e. The molecular weight excluding hydrogens is 383 g/mol. The third-order valence-corrected chi connectivity index (χ3v) is 4.17. The fraction of sp³-hybridized carbons (Fsp3) is 0.316. The zero-order valence-electron chi connectivity index (χ0n) is 14.8. The first kappa shape index (κ1) is 20.9. The number of carbonyl (C=O) groups is 1. The van der Waals surface area contributed by atoms with Crippen molar-refractivity contribution in [3.05, 3.63) is 58.6 Å². The van der Waals surface area contributed by atoms with Crippen LogP contribution in [0, 0.1) is 0 Å². The van der Waals surface area contributed by atoms with E-state index in [1.165, 1.54) is 37.3 Å². The summed E-state index contributed by atoms with van der Waals surface area (Å²) in [6.07, 6.45) is -4.14. The van der Waals surface area contributed by atoms with Crippen molar-refractivity contribution in [2.45, 2.75) is 25.7 Å². The highest BCUT2D eigenvalue weighted by Gasteiger charge is 2.32. The van der Waals surface area contributed by atoms with E-state index in [1.54, 1.807) is 18.2 Å². The largest absolute Gasteiger partial charge is 0.573 e. The average Bonchev–Trinajstić information content (AvgIpc) is 2.60. The van der Waals surface area contributed by atoms with Crippen LogP contribution in [0.3, 0.4) is 0 Å². The zero-order chi connectivity index (χ0) is 20.0. The molecule has 0 aliphatic heterocycles. The van der Waals surface area contributed by atoms with E-state index in [0.29, 0.717) is 17.2 Å². The van der Waals surface area contributed by atoms with E-state index in [-0.39, 0.29) is 30.2 Å². The lowest BCUT2D eigenvalue weighted by molar-refractivity contribution is -0.275. The van der Waals surface area contributed by atoms with Gasteiger partial charge in [-0.2, -0.15) is 0 Å². The number of benzene rings is 2. The summed E-state index contributed by atoms with van der Waals surface area (Å²) in [7, 11) is 3.05. The minimum atomic E-state index is -4.79. The van der Waals surface area contributed by atoms with Gasteiger partial charge in [-0.1, -0.05) is 35.9 Å². The lowest BCUT2D eigenvalue weighted by Gasteiger charge is -2.20. The van der Waals surface area contributed by atoms with Crippen LogP contribution in [0.2, 0.25) is 5.02 Å². The molecule has 0 saturated carbocycles. The first-order valence-electron chi connectivity index (χ1n) is 8.09. The molecule has 2 aromatic rings. The molecule has 0 radical (unpaired) electrons. The Balaban J connectivity index is 1.97. The van der Waals surface area contributed by atoms with Gasteiger partial charge in [-0.15, -0.1) is 13.2 Å². The molecule has 0 aliphatic rings. The van der Waals surface area contributed by atoms with E-state index in [2.05, 4.69) is 4.74 Å². The second kappa shape index (κ2) is 8.99. The lowest BCUT2D eigenvalue weighted by atomic mass is 10.1. The highest BCUT2D eigenvalue weighted by atomic mass is 35.5. The Labute approximate surface area is 160 Å². The van der Waals surface area contributed by atoms with Crippen molar-refractivity contribution < 1.29 is 27.4 Å². The minimum absolute atomic E-state index is 0.00839. The SMILES string of the molecule is COc1ccc(CCC(=O)N(C)Cc2ccccc2OC(F)(F)F)cc1Cl. The summed E-state index contributed by atoms with van der Waals surface area (Å²) in [5, 5.41) is 0.453. The van der Waals surface area contributed by atoms with Crippen molar-refractivity contribution >= 4 is 17.5 Å². The van der Waals surface area contributed by atoms with Crippen LogP contribution in [-0.2, 0) is 17.8 Å². The maximum absolute atomic E-state index is 12.5. The molecule has 27 heavy (non-hydrogen) atoms. The monoisotopic (exact) mass is 401 g/mol. The summed E-state index contributed by atoms with van der Waals surface area (Å²) < 4.78 is 46.6. The normalized spacial score (nSPS) is 11.2. The standard InChI is InChI=1S/C19H19ClF3NO3/c1-24(12-14-5-3-4-6-16(14)27-19(21,22)23)18(25)10-8-13-7-9-17(26-2)15(20)11-13/h3-7,9,11H,8,10,12H2,1-2H3. The Morgan fingerprint density at radius 2 is 1.85 bits per heavy atom. The summed E-state index contributed by atoms with van der Waals surface area (Å²) in [5.74, 6) is 0.0282. The van der Waals surface area contributed by atoms with E-state index in [4.69, 9.17) is 16.3 Å². The predicted octanol–water partition coefficient (Wildman–Crippen LogP) is 4.84. The quantitative estimate of drug-likeness (QED) is 0.666. The molecule has 0 bridgehead atoms. The van der Waals surface area contributed by atoms with Gasteiger partial charge in [0.15, 0.2) is 0 Å². The van der Waals surface area contributed by atoms with Crippen LogP contribution in [0.4, 0.5) is 13.2 Å². The molecule has 0 saturated heterocycles. The molecule has 2 rings (SSSR count). The van der Waals surface area contributed by atoms with Crippen LogP contribution >= 0.6 is 11.6 Å². The molecule has 0 aliphatic carbocycles. The van der Waals surface area contributed by atoms with Gasteiger partial charge in [-0.25, -0.2) is 0 Å². The highest BCUT2D eigenvalue weighted by Crippen LogP contribution is 2.28. The summed E-state index contributed by atoms with van der Waals surface area (Å²) in [6, 6.07) is 11.0. The molecule has 0 N–H and O–H groups in total. The van der Waals surface area contributed by atoms with Gasteiger partial charge >= 0.3 is 6.36 Å². The number of para-hydroxylation sites is 1. The second-order valence-electron chi connectivity index (χ2n) is 5.87. The Hall–Kier alpha value is -2.41. The first-order chi connectivity index (χ1) is 12.7. The topological polar surface area (TPSA) is 38.8 Å². The van der Waals surface area contributed by atoms with Gasteiger partial charge in [0, 0.05) is 25.6 Å². The van der Waals surface area contributed by atoms with Crippen molar-refractivity contribution in [3.8, 4) is 11.5 Å². The summed E-state index contributed by atoms with van der Waals surface area (Å²) in [6.45, 7) is 0.00839. The number of alkyl halides is 3. The van der Waals surface area contributed by atoms with Crippen LogP contribution in [0.15, 0.2) is 42.5 Å². The Kier molecular flexibility index (Phi) is 6.96. The second-order valence-corrected chi connectivity index (χ2v) is 6.28. The molecule has 0 fully saturated rings. The fourth-order valence-electron chi connectivity index (χ4n) is 2.51. The summed E-state index contributed by atoms with van der Waals surface area (Å²) >= 11 is 6.06. The van der Waals surface area contributed by atoms with Gasteiger partial charge in [0.25, 0.3) is 0 Å². The molecule has 146 valence electrons. The number of aryl methyl sites for hydroxylation is 1. The molecule has 1 amide bonds. The Morgan fingerprint density at radius 3 is 2.48 bits per heavy atom. The number of ether oxygens (including phenoxy) is 2. The number of halogens is 4. The van der Waals surface area contributed by atoms with Crippen molar-refractivity contribution in [1.82, 2.24) is 4.90 Å². The van der Waals surface area contributed by atoms with Crippen LogP contribution in [0.25, 0.3) is 0 Å². The van der Waals surface area contributed by atoms with E-state index >= 15 is 0 Å². The number of hydrogen-bond donors (Lipinski definition) is 0. The molecule has 0 spiro atoms. The van der Waals surface area contributed by atoms with Crippen LogP contribution in [0.1, 0.15) is 17.5 Å². The van der Waals surface area contributed by atoms with Crippen molar-refractivity contribution in [2.24, 2.45) is 0 Å². The molecule has 2 aromatic carbocycles. The number of rotatable bonds is 7. The van der Waals surface area contributed by atoms with E-state index < -0.39 is 6.36 Å². The Morgan fingerprint density at radius 1 is 1.15 bits per heavy atom. The smallest absolute Gasteiger partial charge is 0.495 e. The van der Waals surface area contributed by atoms with Gasteiger partial charge < -0.3 is 14.4 Å². The summed E-state index contributed by atoms with van der Waals surface area (Å²) in [5.41, 5.74) is 1.14. The third kappa shape index (κ3) is 6.36. The molecule has 0 atom stereocenters. The van der Waals surface area contributed by atoms with Crippen molar-refractivity contribution in [3.63, 3.8) is 0 Å². The number of nitrogens with zero attached hydrogens (tertiary/aromatic N) is 1. The average molecular weight is 402 g/mol. The van der Waals surface area contributed by atoms with Crippen molar-refractivity contribution in [2.75, 3.05) is 14.2 Å². The number of hydrogen-bond acceptors (Lipinski definition) is 3. The minimum Gasteiger partial charge on any atom is -0.495 e. The maximum atomic E-state index is 12.5. The number of amides is 1. The van der Waals surface area contributed by atoms with Crippen molar-refractivity contribution in [1.29, 1.82) is 0 Å². The lowest BCUT2D eigenvalue weighted by Crippen LogP contribution is -2.27. The number of carbonyl (C=O) groups excluding carboxylic acids is 1. The van der Waals surface area contributed by atoms with Gasteiger partial charge in [-0.05, 0) is 30.2 Å². The van der Waals surface area contributed by atoms with Gasteiger partial charge in [0.2, 0.25) is 5.91 Å². The molecule has 0 heterocycles. The van der Waals surface area contributed by atoms with E-state index in [0.717, 1.165) is 5.56 Å². The highest BCUT2D eigenvalue weighted by molar-refractivity contribution is 6.32. The van der Waals surface area contributed by atoms with Crippen LogP contribution < -0.4 is 9.47 Å². The van der Waals surface area contributed by atoms with Gasteiger partial charge in [-0.3, -0.25) is 4.79 Å². The third-order valence-electron chi connectivity index (χ3n) is 3.88. The Bertz CT molecular complexity index is 796. The fourth-order valence-corrected chi connectivity index (χ4v) is 2.79. The molecule has 4 nitrogen and oxygen atoms in total. The predicted molar refractivity (Wildman–Crippen MR) is 95.9 cm³/mol. The summed E-state index contributed by atoms with van der Waals surface area (Å²) in [4.78, 5) is 13.7. The molecular formula is C19H19ClF3NO3.